The first-order valence-electron chi connectivity index (χ1n) is 9.09. The summed E-state index contributed by atoms with van der Waals surface area (Å²) >= 11 is 5.86. The van der Waals surface area contributed by atoms with Crippen molar-refractivity contribution in [2.45, 2.75) is 77.2 Å². The highest BCUT2D eigenvalue weighted by Gasteiger charge is 2.47. The van der Waals surface area contributed by atoms with E-state index < -0.39 is 17.3 Å². The first-order chi connectivity index (χ1) is 11.6. The van der Waals surface area contributed by atoms with Crippen LogP contribution in [0.4, 0.5) is 4.79 Å². The number of hydrogen-bond acceptors (Lipinski definition) is 4. The largest absolute Gasteiger partial charge is 0.444 e. The summed E-state index contributed by atoms with van der Waals surface area (Å²) in [5.41, 5.74) is -0.896. The van der Waals surface area contributed by atoms with Crippen molar-refractivity contribution in [1.29, 1.82) is 0 Å². The van der Waals surface area contributed by atoms with Gasteiger partial charge in [-0.1, -0.05) is 0 Å². The number of hydrogen-bond donors (Lipinski definition) is 0. The van der Waals surface area contributed by atoms with Crippen molar-refractivity contribution in [1.82, 2.24) is 9.80 Å². The molecule has 144 valence electrons. The van der Waals surface area contributed by atoms with Gasteiger partial charge in [0.2, 0.25) is 0 Å². The van der Waals surface area contributed by atoms with E-state index in [-0.39, 0.29) is 18.0 Å². The Morgan fingerprint density at radius 3 is 2.44 bits per heavy atom. The number of morpholine rings is 1. The molecule has 2 heterocycles. The molecule has 1 atom stereocenters. The fourth-order valence-electron chi connectivity index (χ4n) is 3.38. The number of likely N-dealkylation sites (tertiary alicyclic amines) is 1. The zero-order valence-electron chi connectivity index (χ0n) is 16.0. The van der Waals surface area contributed by atoms with Gasteiger partial charge >= 0.3 is 6.09 Å². The molecule has 0 N–H and O–H groups in total. The maximum atomic E-state index is 12.6. The summed E-state index contributed by atoms with van der Waals surface area (Å²) in [6.45, 7) is 11.3. The summed E-state index contributed by atoms with van der Waals surface area (Å²) in [5.74, 6) is 0.415. The van der Waals surface area contributed by atoms with E-state index in [1.54, 1.807) is 4.90 Å². The Kier molecular flexibility index (Phi) is 6.26. The quantitative estimate of drug-likeness (QED) is 0.712. The van der Waals surface area contributed by atoms with Crippen molar-refractivity contribution in [3.63, 3.8) is 0 Å². The van der Waals surface area contributed by atoms with Crippen molar-refractivity contribution in [3.05, 3.63) is 0 Å². The fourth-order valence-corrected chi connectivity index (χ4v) is 3.58. The van der Waals surface area contributed by atoms with E-state index in [0.717, 1.165) is 0 Å². The van der Waals surface area contributed by atoms with Gasteiger partial charge in [-0.3, -0.25) is 4.79 Å². The molecule has 0 aromatic carbocycles. The lowest BCUT2D eigenvalue weighted by molar-refractivity contribution is -0.195. The van der Waals surface area contributed by atoms with Crippen molar-refractivity contribution < 1.29 is 19.1 Å². The molecule has 7 heteroatoms. The third kappa shape index (κ3) is 5.00. The van der Waals surface area contributed by atoms with Gasteiger partial charge in [-0.2, -0.15) is 0 Å². The Morgan fingerprint density at radius 2 is 1.96 bits per heavy atom. The van der Waals surface area contributed by atoms with Gasteiger partial charge in [0.05, 0.1) is 12.1 Å². The fraction of sp³-hybridized carbons (Fsp3) is 0.889. The number of rotatable bonds is 3. The molecule has 6 nitrogen and oxygen atoms in total. The third-order valence-electron chi connectivity index (χ3n) is 4.73. The second kappa shape index (κ2) is 7.70. The van der Waals surface area contributed by atoms with Crippen molar-refractivity contribution in [2.24, 2.45) is 0 Å². The van der Waals surface area contributed by atoms with Crippen LogP contribution in [0.1, 0.15) is 53.9 Å². The van der Waals surface area contributed by atoms with Crippen LogP contribution in [0, 0.1) is 0 Å². The standard InChI is InChI=1S/C18H31ClN2O4/c1-13(2)21-12-18(24-14(6-9-19)15(21)22)7-10-20(11-8-18)16(23)25-17(3,4)5/h13-14H,6-12H2,1-5H3. The molecule has 2 rings (SSSR count). The molecule has 0 aliphatic carbocycles. The molecule has 0 radical (unpaired) electrons. The zero-order chi connectivity index (χ0) is 18.8. The van der Waals surface area contributed by atoms with Gasteiger partial charge in [0.25, 0.3) is 5.91 Å². The predicted octanol–water partition coefficient (Wildman–Crippen LogP) is 3.02. The van der Waals surface area contributed by atoms with Crippen LogP contribution in [-0.4, -0.2) is 70.7 Å². The molecule has 2 aliphatic heterocycles. The lowest BCUT2D eigenvalue weighted by atomic mass is 9.87. The van der Waals surface area contributed by atoms with Gasteiger partial charge in [0.1, 0.15) is 11.7 Å². The number of carbonyl (C=O) groups excluding carboxylic acids is 2. The highest BCUT2D eigenvalue weighted by Crippen LogP contribution is 2.35. The van der Waals surface area contributed by atoms with Crippen LogP contribution in [-0.2, 0) is 14.3 Å². The normalized spacial score (nSPS) is 24.1. The molecule has 1 spiro atoms. The average molecular weight is 375 g/mol. The van der Waals surface area contributed by atoms with E-state index in [0.29, 0.717) is 44.8 Å². The zero-order valence-corrected chi connectivity index (χ0v) is 16.8. The lowest BCUT2D eigenvalue weighted by Gasteiger charge is -2.50. The summed E-state index contributed by atoms with van der Waals surface area (Å²) in [4.78, 5) is 28.4. The van der Waals surface area contributed by atoms with Crippen molar-refractivity contribution >= 4 is 23.6 Å². The number of piperidine rings is 1. The molecule has 0 bridgehead atoms. The van der Waals surface area contributed by atoms with Crippen molar-refractivity contribution in [3.8, 4) is 0 Å². The van der Waals surface area contributed by atoms with Gasteiger partial charge in [-0.25, -0.2) is 4.79 Å². The second-order valence-electron chi connectivity index (χ2n) is 8.29. The number of ether oxygens (including phenoxy) is 2. The van der Waals surface area contributed by atoms with Crippen LogP contribution in [0.5, 0.6) is 0 Å². The number of amides is 2. The van der Waals surface area contributed by atoms with Crippen LogP contribution >= 0.6 is 11.6 Å². The molecule has 2 amide bonds. The average Bonchev–Trinajstić information content (AvgIpc) is 2.50. The maximum absolute atomic E-state index is 12.6. The van der Waals surface area contributed by atoms with E-state index in [9.17, 15) is 9.59 Å². The first kappa shape index (κ1) is 20.3. The number of halogens is 1. The van der Waals surface area contributed by atoms with Crippen LogP contribution < -0.4 is 0 Å². The van der Waals surface area contributed by atoms with Gasteiger partial charge in [-0.05, 0) is 53.9 Å². The Hall–Kier alpha value is -1.01. The minimum absolute atomic E-state index is 0.0239. The summed E-state index contributed by atoms with van der Waals surface area (Å²) in [7, 11) is 0. The monoisotopic (exact) mass is 374 g/mol. The van der Waals surface area contributed by atoms with Crippen LogP contribution in [0.3, 0.4) is 0 Å². The number of carbonyl (C=O) groups is 2. The molecule has 0 aromatic rings. The molecule has 2 saturated heterocycles. The smallest absolute Gasteiger partial charge is 0.410 e. The summed E-state index contributed by atoms with van der Waals surface area (Å²) in [5, 5.41) is 0. The van der Waals surface area contributed by atoms with E-state index in [2.05, 4.69) is 0 Å². The Morgan fingerprint density at radius 1 is 1.36 bits per heavy atom. The van der Waals surface area contributed by atoms with Gasteiger partial charge in [0, 0.05) is 25.0 Å². The highest BCUT2D eigenvalue weighted by atomic mass is 35.5. The van der Waals surface area contributed by atoms with Gasteiger partial charge < -0.3 is 19.3 Å². The molecular formula is C18H31ClN2O4. The number of nitrogens with zero attached hydrogens (tertiary/aromatic N) is 2. The van der Waals surface area contributed by atoms with Crippen molar-refractivity contribution in [2.75, 3.05) is 25.5 Å². The number of alkyl halides is 1. The van der Waals surface area contributed by atoms with Gasteiger partial charge in [-0.15, -0.1) is 11.6 Å². The molecule has 25 heavy (non-hydrogen) atoms. The maximum Gasteiger partial charge on any atom is 0.410 e. The van der Waals surface area contributed by atoms with E-state index >= 15 is 0 Å². The summed E-state index contributed by atoms with van der Waals surface area (Å²) in [6, 6.07) is 0.120. The topological polar surface area (TPSA) is 59.1 Å². The van der Waals surface area contributed by atoms with Crippen LogP contribution in [0.15, 0.2) is 0 Å². The Balaban J connectivity index is 2.04. The van der Waals surface area contributed by atoms with E-state index in [1.165, 1.54) is 0 Å². The van der Waals surface area contributed by atoms with Gasteiger partial charge in [0.15, 0.2) is 0 Å². The highest BCUT2D eigenvalue weighted by molar-refractivity contribution is 6.18. The Labute approximate surface area is 155 Å². The molecule has 0 saturated carbocycles. The summed E-state index contributed by atoms with van der Waals surface area (Å²) in [6.07, 6.45) is 1.14. The Bertz CT molecular complexity index is 496. The molecule has 0 aromatic heterocycles. The van der Waals surface area contributed by atoms with E-state index in [1.807, 2.05) is 39.5 Å². The SMILES string of the molecule is CC(C)N1CC2(CCN(C(=O)OC(C)(C)C)CC2)OC(CCCl)C1=O. The molecule has 1 unspecified atom stereocenters. The van der Waals surface area contributed by atoms with Crippen LogP contribution in [0.2, 0.25) is 0 Å². The lowest BCUT2D eigenvalue weighted by Crippen LogP contribution is -2.63. The molecule has 2 aliphatic rings. The first-order valence-corrected chi connectivity index (χ1v) is 9.62. The minimum Gasteiger partial charge on any atom is -0.444 e. The van der Waals surface area contributed by atoms with Crippen LogP contribution in [0.25, 0.3) is 0 Å². The third-order valence-corrected chi connectivity index (χ3v) is 4.95. The molecule has 2 fully saturated rings. The second-order valence-corrected chi connectivity index (χ2v) is 8.67. The van der Waals surface area contributed by atoms with E-state index in [4.69, 9.17) is 21.1 Å². The summed E-state index contributed by atoms with van der Waals surface area (Å²) < 4.78 is 11.7. The predicted molar refractivity (Wildman–Crippen MR) is 96.8 cm³/mol. The minimum atomic E-state index is -0.500. The molecular weight excluding hydrogens is 344 g/mol.